The standard InChI is InChI=1S/C15H20O3/c1-17-12-3-4-14(18-2)13(8-12)15(16)11-6-9-5-10(9)7-11/h3-4,8-11,15-16H,5-7H2,1-2H3. The quantitative estimate of drug-likeness (QED) is 0.890. The zero-order chi connectivity index (χ0) is 12.7. The molecule has 2 aliphatic carbocycles. The molecular formula is C15H20O3. The Labute approximate surface area is 108 Å². The number of hydrogen-bond acceptors (Lipinski definition) is 3. The maximum atomic E-state index is 10.6. The van der Waals surface area contributed by atoms with Crippen molar-refractivity contribution in [1.29, 1.82) is 0 Å². The lowest BCUT2D eigenvalue weighted by Crippen LogP contribution is -2.12. The smallest absolute Gasteiger partial charge is 0.124 e. The average Bonchev–Trinajstić information content (AvgIpc) is 3.03. The van der Waals surface area contributed by atoms with Crippen molar-refractivity contribution in [1.82, 2.24) is 0 Å². The Bertz CT molecular complexity index is 433. The van der Waals surface area contributed by atoms with E-state index in [9.17, 15) is 5.11 Å². The number of aliphatic hydroxyl groups excluding tert-OH is 1. The fourth-order valence-corrected chi connectivity index (χ4v) is 3.34. The van der Waals surface area contributed by atoms with Gasteiger partial charge in [0, 0.05) is 5.56 Å². The molecule has 2 saturated carbocycles. The van der Waals surface area contributed by atoms with Crippen molar-refractivity contribution < 1.29 is 14.6 Å². The molecule has 0 aliphatic heterocycles. The van der Waals surface area contributed by atoms with E-state index in [2.05, 4.69) is 0 Å². The third kappa shape index (κ3) is 1.97. The summed E-state index contributed by atoms with van der Waals surface area (Å²) in [5, 5.41) is 10.6. The molecule has 0 saturated heterocycles. The van der Waals surface area contributed by atoms with Crippen LogP contribution in [0.1, 0.15) is 30.9 Å². The van der Waals surface area contributed by atoms with Crippen molar-refractivity contribution in [2.75, 3.05) is 14.2 Å². The van der Waals surface area contributed by atoms with Crippen molar-refractivity contribution in [3.05, 3.63) is 23.8 Å². The molecule has 18 heavy (non-hydrogen) atoms. The third-order valence-corrected chi connectivity index (χ3v) is 4.48. The first-order chi connectivity index (χ1) is 8.72. The van der Waals surface area contributed by atoms with Gasteiger partial charge in [0.15, 0.2) is 0 Å². The molecule has 1 aromatic rings. The highest BCUT2D eigenvalue weighted by molar-refractivity contribution is 5.42. The molecule has 2 aliphatic rings. The van der Waals surface area contributed by atoms with Crippen LogP contribution in [0.15, 0.2) is 18.2 Å². The number of benzene rings is 1. The van der Waals surface area contributed by atoms with E-state index in [0.29, 0.717) is 5.92 Å². The van der Waals surface area contributed by atoms with E-state index >= 15 is 0 Å². The molecule has 0 spiro atoms. The van der Waals surface area contributed by atoms with Gasteiger partial charge < -0.3 is 14.6 Å². The van der Waals surface area contributed by atoms with Crippen molar-refractivity contribution in [3.63, 3.8) is 0 Å². The van der Waals surface area contributed by atoms with E-state index in [1.54, 1.807) is 14.2 Å². The molecule has 0 aromatic heterocycles. The Kier molecular flexibility index (Phi) is 2.94. The number of rotatable bonds is 4. The minimum atomic E-state index is -0.428. The van der Waals surface area contributed by atoms with Crippen molar-refractivity contribution in [2.24, 2.45) is 17.8 Å². The minimum Gasteiger partial charge on any atom is -0.497 e. The summed E-state index contributed by atoms with van der Waals surface area (Å²) < 4.78 is 10.6. The number of ether oxygens (including phenoxy) is 2. The zero-order valence-corrected chi connectivity index (χ0v) is 10.9. The molecular weight excluding hydrogens is 228 g/mol. The van der Waals surface area contributed by atoms with Crippen LogP contribution in [-0.2, 0) is 0 Å². The van der Waals surface area contributed by atoms with Crippen LogP contribution in [-0.4, -0.2) is 19.3 Å². The molecule has 2 fully saturated rings. The van der Waals surface area contributed by atoms with Crippen LogP contribution >= 0.6 is 0 Å². The zero-order valence-electron chi connectivity index (χ0n) is 10.9. The van der Waals surface area contributed by atoms with Crippen molar-refractivity contribution in [3.8, 4) is 11.5 Å². The summed E-state index contributed by atoms with van der Waals surface area (Å²) in [7, 11) is 3.28. The van der Waals surface area contributed by atoms with Gasteiger partial charge in [0.1, 0.15) is 11.5 Å². The molecule has 3 nitrogen and oxygen atoms in total. The lowest BCUT2D eigenvalue weighted by molar-refractivity contribution is 0.101. The largest absolute Gasteiger partial charge is 0.497 e. The van der Waals surface area contributed by atoms with Crippen LogP contribution < -0.4 is 9.47 Å². The van der Waals surface area contributed by atoms with Gasteiger partial charge in [-0.05, 0) is 55.2 Å². The topological polar surface area (TPSA) is 38.7 Å². The third-order valence-electron chi connectivity index (χ3n) is 4.48. The Morgan fingerprint density at radius 2 is 1.83 bits per heavy atom. The first-order valence-corrected chi connectivity index (χ1v) is 6.63. The lowest BCUT2D eigenvalue weighted by atomic mass is 9.91. The lowest BCUT2D eigenvalue weighted by Gasteiger charge is -2.22. The molecule has 1 N–H and O–H groups in total. The molecule has 3 atom stereocenters. The van der Waals surface area contributed by atoms with E-state index in [0.717, 1.165) is 41.7 Å². The average molecular weight is 248 g/mol. The second-order valence-corrected chi connectivity index (χ2v) is 5.54. The molecule has 3 heteroatoms. The number of aliphatic hydroxyl groups is 1. The van der Waals surface area contributed by atoms with E-state index in [1.807, 2.05) is 18.2 Å². The predicted octanol–water partition coefficient (Wildman–Crippen LogP) is 2.78. The van der Waals surface area contributed by atoms with E-state index < -0.39 is 6.10 Å². The molecule has 1 aromatic carbocycles. The Morgan fingerprint density at radius 3 is 2.44 bits per heavy atom. The Morgan fingerprint density at radius 1 is 1.11 bits per heavy atom. The summed E-state index contributed by atoms with van der Waals surface area (Å²) in [5.41, 5.74) is 0.864. The Hall–Kier alpha value is -1.22. The van der Waals surface area contributed by atoms with Gasteiger partial charge in [-0.3, -0.25) is 0 Å². The first kappa shape index (κ1) is 11.8. The van der Waals surface area contributed by atoms with Crippen molar-refractivity contribution >= 4 is 0 Å². The first-order valence-electron chi connectivity index (χ1n) is 6.63. The van der Waals surface area contributed by atoms with Crippen LogP contribution in [0.3, 0.4) is 0 Å². The van der Waals surface area contributed by atoms with Gasteiger partial charge in [0.05, 0.1) is 20.3 Å². The van der Waals surface area contributed by atoms with Crippen LogP contribution in [0.5, 0.6) is 11.5 Å². The fraction of sp³-hybridized carbons (Fsp3) is 0.600. The van der Waals surface area contributed by atoms with Gasteiger partial charge in [-0.15, -0.1) is 0 Å². The Balaban J connectivity index is 1.84. The van der Waals surface area contributed by atoms with Crippen molar-refractivity contribution in [2.45, 2.75) is 25.4 Å². The van der Waals surface area contributed by atoms with E-state index in [1.165, 1.54) is 6.42 Å². The van der Waals surface area contributed by atoms with Crippen LogP contribution in [0, 0.1) is 17.8 Å². The van der Waals surface area contributed by atoms with Gasteiger partial charge in [-0.1, -0.05) is 0 Å². The monoisotopic (exact) mass is 248 g/mol. The molecule has 3 rings (SSSR count). The summed E-state index contributed by atoms with van der Waals surface area (Å²) >= 11 is 0. The summed E-state index contributed by atoms with van der Waals surface area (Å²) in [6.45, 7) is 0. The van der Waals surface area contributed by atoms with Gasteiger partial charge in [0.25, 0.3) is 0 Å². The molecule has 3 unspecified atom stereocenters. The van der Waals surface area contributed by atoms with Crippen LogP contribution in [0.4, 0.5) is 0 Å². The normalized spacial score (nSPS) is 30.7. The molecule has 0 bridgehead atoms. The predicted molar refractivity (Wildman–Crippen MR) is 68.8 cm³/mol. The highest BCUT2D eigenvalue weighted by atomic mass is 16.5. The van der Waals surface area contributed by atoms with Gasteiger partial charge in [0.2, 0.25) is 0 Å². The fourth-order valence-electron chi connectivity index (χ4n) is 3.34. The maximum absolute atomic E-state index is 10.6. The second-order valence-electron chi connectivity index (χ2n) is 5.54. The highest BCUT2D eigenvalue weighted by Crippen LogP contribution is 2.57. The molecule has 0 heterocycles. The number of hydrogen-bond donors (Lipinski definition) is 1. The summed E-state index contributed by atoms with van der Waals surface area (Å²) in [6.07, 6.45) is 3.26. The van der Waals surface area contributed by atoms with Gasteiger partial charge in [-0.2, -0.15) is 0 Å². The second kappa shape index (κ2) is 4.47. The van der Waals surface area contributed by atoms with Gasteiger partial charge >= 0.3 is 0 Å². The maximum Gasteiger partial charge on any atom is 0.124 e. The van der Waals surface area contributed by atoms with E-state index in [-0.39, 0.29) is 0 Å². The summed E-state index contributed by atoms with van der Waals surface area (Å²) in [5.74, 6) is 3.66. The number of methoxy groups -OCH3 is 2. The minimum absolute atomic E-state index is 0.384. The molecule has 98 valence electrons. The SMILES string of the molecule is COc1ccc(OC)c(C(O)C2CC3CC3C2)c1. The van der Waals surface area contributed by atoms with Crippen LogP contribution in [0.2, 0.25) is 0 Å². The summed E-state index contributed by atoms with van der Waals surface area (Å²) in [4.78, 5) is 0. The van der Waals surface area contributed by atoms with Gasteiger partial charge in [-0.25, -0.2) is 0 Å². The molecule has 0 radical (unpaired) electrons. The molecule has 0 amide bonds. The van der Waals surface area contributed by atoms with E-state index in [4.69, 9.17) is 9.47 Å². The summed E-state index contributed by atoms with van der Waals surface area (Å²) in [6, 6.07) is 5.63. The van der Waals surface area contributed by atoms with Crippen LogP contribution in [0.25, 0.3) is 0 Å². The number of fused-ring (bicyclic) bond motifs is 1. The highest BCUT2D eigenvalue weighted by Gasteiger charge is 2.48.